The molecule has 4 rings (SSSR count). The zero-order chi connectivity index (χ0) is 20.5. The third-order valence-electron chi connectivity index (χ3n) is 4.38. The van der Waals surface area contributed by atoms with Gasteiger partial charge in [-0.05, 0) is 56.0 Å². The lowest BCUT2D eigenvalue weighted by Crippen LogP contribution is -2.60. The molecule has 148 valence electrons. The van der Waals surface area contributed by atoms with Gasteiger partial charge in [0.05, 0.1) is 0 Å². The molecule has 1 aromatic heterocycles. The van der Waals surface area contributed by atoms with Gasteiger partial charge in [0.15, 0.2) is 8.32 Å². The summed E-state index contributed by atoms with van der Waals surface area (Å²) in [6.07, 6.45) is 3.62. The second-order valence-electron chi connectivity index (χ2n) is 7.77. The van der Waals surface area contributed by atoms with Gasteiger partial charge in [-0.25, -0.2) is 0 Å². The number of ketones is 1. The van der Waals surface area contributed by atoms with Gasteiger partial charge in [-0.3, -0.25) is 4.79 Å². The fourth-order valence-electron chi connectivity index (χ4n) is 3.24. The second-order valence-corrected chi connectivity index (χ2v) is 12.2. The standard InChI is InChI=1S/C23H23NO4Si/c1-29(2,3)28-23(24-16-10-11-17-24)21(25)20(26-18-12-6-4-7-13-18)22(23)27-19-14-8-5-9-15-19/h4-17H,1-3H3. The van der Waals surface area contributed by atoms with E-state index in [-0.39, 0.29) is 11.5 Å². The first-order chi connectivity index (χ1) is 13.9. The van der Waals surface area contributed by atoms with Crippen LogP contribution >= 0.6 is 0 Å². The molecule has 5 nitrogen and oxygen atoms in total. The molecule has 29 heavy (non-hydrogen) atoms. The number of para-hydroxylation sites is 2. The molecule has 1 atom stereocenters. The third kappa shape index (κ3) is 3.64. The van der Waals surface area contributed by atoms with Gasteiger partial charge in [-0.2, -0.15) is 0 Å². The summed E-state index contributed by atoms with van der Waals surface area (Å²) in [6, 6.07) is 22.3. The molecule has 0 saturated heterocycles. The Labute approximate surface area is 171 Å². The van der Waals surface area contributed by atoms with E-state index in [0.29, 0.717) is 17.3 Å². The summed E-state index contributed by atoms with van der Waals surface area (Å²) in [6.45, 7) is 6.13. The average molecular weight is 406 g/mol. The number of hydrogen-bond donors (Lipinski definition) is 0. The lowest BCUT2D eigenvalue weighted by molar-refractivity contribution is -0.150. The van der Waals surface area contributed by atoms with Gasteiger partial charge in [0.2, 0.25) is 11.5 Å². The number of rotatable bonds is 7. The highest BCUT2D eigenvalue weighted by atomic mass is 28.4. The molecule has 6 heteroatoms. The summed E-state index contributed by atoms with van der Waals surface area (Å²) in [4.78, 5) is 13.5. The smallest absolute Gasteiger partial charge is 0.267 e. The minimum Gasteiger partial charge on any atom is -0.452 e. The van der Waals surface area contributed by atoms with Crippen LogP contribution < -0.4 is 9.47 Å². The van der Waals surface area contributed by atoms with Gasteiger partial charge in [0.1, 0.15) is 11.5 Å². The van der Waals surface area contributed by atoms with Crippen molar-refractivity contribution < 1.29 is 18.7 Å². The average Bonchev–Trinajstić information content (AvgIpc) is 3.25. The Hall–Kier alpha value is -3.09. The Balaban J connectivity index is 1.84. The summed E-state index contributed by atoms with van der Waals surface area (Å²) in [5.74, 6) is 1.44. The number of nitrogens with zero attached hydrogens (tertiary/aromatic N) is 1. The molecule has 1 unspecified atom stereocenters. The molecule has 1 aliphatic carbocycles. The van der Waals surface area contributed by atoms with Crippen molar-refractivity contribution in [3.8, 4) is 11.5 Å². The second kappa shape index (κ2) is 7.38. The zero-order valence-corrected chi connectivity index (χ0v) is 17.7. The van der Waals surface area contributed by atoms with E-state index in [9.17, 15) is 4.79 Å². The van der Waals surface area contributed by atoms with Gasteiger partial charge in [-0.1, -0.05) is 36.4 Å². The first kappa shape index (κ1) is 19.2. The minimum absolute atomic E-state index is 0.159. The molecule has 0 spiro atoms. The van der Waals surface area contributed by atoms with Crippen LogP contribution in [0.5, 0.6) is 11.5 Å². The van der Waals surface area contributed by atoms with E-state index in [4.69, 9.17) is 13.9 Å². The van der Waals surface area contributed by atoms with E-state index >= 15 is 0 Å². The highest BCUT2D eigenvalue weighted by molar-refractivity contribution is 6.70. The predicted molar refractivity (Wildman–Crippen MR) is 113 cm³/mol. The van der Waals surface area contributed by atoms with Crippen LogP contribution in [0.3, 0.4) is 0 Å². The lowest BCUT2D eigenvalue weighted by atomic mass is 9.90. The van der Waals surface area contributed by atoms with E-state index < -0.39 is 14.0 Å². The molecule has 1 aliphatic rings. The van der Waals surface area contributed by atoms with Crippen LogP contribution in [0, 0.1) is 0 Å². The van der Waals surface area contributed by atoms with Crippen LogP contribution in [0.25, 0.3) is 0 Å². The number of hydrogen-bond acceptors (Lipinski definition) is 4. The Kier molecular flexibility index (Phi) is 4.90. The van der Waals surface area contributed by atoms with Crippen molar-refractivity contribution in [1.82, 2.24) is 4.57 Å². The Morgan fingerprint density at radius 3 is 1.79 bits per heavy atom. The number of carbonyl (C=O) groups excluding carboxylic acids is 1. The van der Waals surface area contributed by atoms with Crippen LogP contribution in [0.1, 0.15) is 0 Å². The summed E-state index contributed by atoms with van der Waals surface area (Å²) < 4.78 is 20.4. The van der Waals surface area contributed by atoms with Crippen molar-refractivity contribution in [2.75, 3.05) is 0 Å². The maximum absolute atomic E-state index is 13.5. The highest BCUT2D eigenvalue weighted by Crippen LogP contribution is 2.46. The van der Waals surface area contributed by atoms with E-state index in [1.165, 1.54) is 0 Å². The largest absolute Gasteiger partial charge is 0.452 e. The Bertz CT molecular complexity index is 1020. The van der Waals surface area contributed by atoms with Crippen molar-refractivity contribution in [2.24, 2.45) is 0 Å². The third-order valence-corrected chi connectivity index (χ3v) is 5.28. The number of benzene rings is 2. The van der Waals surface area contributed by atoms with E-state index in [1.54, 1.807) is 16.7 Å². The van der Waals surface area contributed by atoms with E-state index in [1.807, 2.05) is 92.7 Å². The van der Waals surface area contributed by atoms with Gasteiger partial charge < -0.3 is 18.5 Å². The van der Waals surface area contributed by atoms with Crippen LogP contribution in [-0.4, -0.2) is 18.7 Å². The van der Waals surface area contributed by atoms with E-state index in [2.05, 4.69) is 0 Å². The quantitative estimate of drug-likeness (QED) is 0.522. The summed E-state index contributed by atoms with van der Waals surface area (Å²) >= 11 is 0. The number of Topliss-reactive ketones (excluding diaryl/α,β-unsaturated/α-hetero) is 1. The number of carbonyl (C=O) groups is 1. The Morgan fingerprint density at radius 1 is 0.759 bits per heavy atom. The molecule has 0 aliphatic heterocycles. The molecule has 0 bridgehead atoms. The van der Waals surface area contributed by atoms with Crippen molar-refractivity contribution in [1.29, 1.82) is 0 Å². The van der Waals surface area contributed by atoms with Crippen molar-refractivity contribution in [3.05, 3.63) is 96.7 Å². The molecule has 0 fully saturated rings. The molecule has 0 N–H and O–H groups in total. The first-order valence-corrected chi connectivity index (χ1v) is 12.9. The molecule has 1 heterocycles. The van der Waals surface area contributed by atoms with Crippen LogP contribution in [0.2, 0.25) is 19.6 Å². The molecule has 0 saturated carbocycles. The van der Waals surface area contributed by atoms with Crippen LogP contribution in [0.4, 0.5) is 0 Å². The molecular weight excluding hydrogens is 382 g/mol. The lowest BCUT2D eigenvalue weighted by Gasteiger charge is -2.45. The highest BCUT2D eigenvalue weighted by Gasteiger charge is 2.62. The van der Waals surface area contributed by atoms with Gasteiger partial charge >= 0.3 is 0 Å². The fraction of sp³-hybridized carbons (Fsp3) is 0.174. The molecule has 2 aromatic carbocycles. The molecular formula is C23H23NO4Si. The van der Waals surface area contributed by atoms with Gasteiger partial charge in [0.25, 0.3) is 11.5 Å². The van der Waals surface area contributed by atoms with Crippen LogP contribution in [0.15, 0.2) is 96.7 Å². The molecule has 0 radical (unpaired) electrons. The van der Waals surface area contributed by atoms with Crippen molar-refractivity contribution in [3.63, 3.8) is 0 Å². The summed E-state index contributed by atoms with van der Waals surface area (Å²) in [5, 5.41) is 0. The van der Waals surface area contributed by atoms with Gasteiger partial charge in [-0.15, -0.1) is 0 Å². The van der Waals surface area contributed by atoms with Crippen molar-refractivity contribution >= 4 is 14.1 Å². The predicted octanol–water partition coefficient (Wildman–Crippen LogP) is 4.94. The zero-order valence-electron chi connectivity index (χ0n) is 16.7. The SMILES string of the molecule is C[Si](C)(C)OC1(n2cccc2)C(=O)C(Oc2ccccc2)=C1Oc1ccccc1. The van der Waals surface area contributed by atoms with Crippen molar-refractivity contribution in [2.45, 2.75) is 25.4 Å². The van der Waals surface area contributed by atoms with Crippen LogP contribution in [-0.2, 0) is 14.9 Å². The maximum Gasteiger partial charge on any atom is 0.267 e. The normalized spacial score (nSPS) is 19.1. The first-order valence-electron chi connectivity index (χ1n) is 9.49. The number of ether oxygens (including phenoxy) is 2. The molecule has 0 amide bonds. The van der Waals surface area contributed by atoms with E-state index in [0.717, 1.165) is 0 Å². The van der Waals surface area contributed by atoms with Gasteiger partial charge in [0, 0.05) is 12.4 Å². The maximum atomic E-state index is 13.5. The number of aromatic nitrogens is 1. The molecule has 3 aromatic rings. The fourth-order valence-corrected chi connectivity index (χ4v) is 4.42. The Morgan fingerprint density at radius 2 is 1.28 bits per heavy atom. The monoisotopic (exact) mass is 405 g/mol. The summed E-state index contributed by atoms with van der Waals surface area (Å²) in [5.41, 5.74) is -1.37. The summed E-state index contributed by atoms with van der Waals surface area (Å²) in [7, 11) is -2.15. The topological polar surface area (TPSA) is 49.7 Å². The minimum atomic E-state index is -2.15.